The predicted octanol–water partition coefficient (Wildman–Crippen LogP) is 7.81. The predicted molar refractivity (Wildman–Crippen MR) is 140 cm³/mol. The zero-order valence-electron chi connectivity index (χ0n) is 21.6. The van der Waals surface area contributed by atoms with E-state index in [-0.39, 0.29) is 29.6 Å². The van der Waals surface area contributed by atoms with Crippen molar-refractivity contribution in [2.45, 2.75) is 52.2 Å². The summed E-state index contributed by atoms with van der Waals surface area (Å²) in [6.07, 6.45) is 0.0523. The maximum absolute atomic E-state index is 14.9. The number of methoxy groups -OCH3 is 1. The van der Waals surface area contributed by atoms with Crippen LogP contribution < -0.4 is 4.74 Å². The number of ether oxygens (including phenoxy) is 2. The van der Waals surface area contributed by atoms with Gasteiger partial charge in [-0.05, 0) is 76.4 Å². The van der Waals surface area contributed by atoms with Crippen molar-refractivity contribution in [3.63, 3.8) is 0 Å². The molecule has 1 aliphatic carbocycles. The van der Waals surface area contributed by atoms with Gasteiger partial charge in [-0.15, -0.1) is 0 Å². The van der Waals surface area contributed by atoms with Crippen molar-refractivity contribution in [2.75, 3.05) is 7.11 Å². The zero-order valence-corrected chi connectivity index (χ0v) is 21.6. The van der Waals surface area contributed by atoms with Crippen LogP contribution in [0, 0.1) is 11.2 Å². The summed E-state index contributed by atoms with van der Waals surface area (Å²) < 4.78 is 52.3. The maximum atomic E-state index is 14.9. The molecule has 0 amide bonds. The van der Waals surface area contributed by atoms with Gasteiger partial charge < -0.3 is 14.6 Å². The number of allylic oxidation sites excluding steroid dienone is 2. The number of alkyl halides is 2. The Balaban J connectivity index is 1.65. The van der Waals surface area contributed by atoms with Gasteiger partial charge in [0.05, 0.1) is 19.6 Å². The second kappa shape index (κ2) is 11.4. The average Bonchev–Trinajstić information content (AvgIpc) is 3.26. The number of hydrogen-bond donors (Lipinski definition) is 1. The van der Waals surface area contributed by atoms with Gasteiger partial charge in [0.15, 0.2) is 0 Å². The van der Waals surface area contributed by atoms with Gasteiger partial charge in [0.2, 0.25) is 0 Å². The lowest BCUT2D eigenvalue weighted by atomic mass is 9.79. The van der Waals surface area contributed by atoms with Crippen molar-refractivity contribution in [2.24, 2.45) is 5.41 Å². The second-order valence-corrected chi connectivity index (χ2v) is 10.1. The van der Waals surface area contributed by atoms with Crippen LogP contribution in [-0.2, 0) is 16.1 Å². The average molecular weight is 525 g/mol. The summed E-state index contributed by atoms with van der Waals surface area (Å²) in [5, 5.41) is 10.3. The molecule has 0 aliphatic heterocycles. The van der Waals surface area contributed by atoms with Crippen LogP contribution >= 0.6 is 0 Å². The Kier molecular flexibility index (Phi) is 8.26. The number of rotatable bonds is 9. The van der Waals surface area contributed by atoms with E-state index in [2.05, 4.69) is 24.7 Å². The first-order valence-corrected chi connectivity index (χ1v) is 12.5. The van der Waals surface area contributed by atoms with Crippen LogP contribution in [0.3, 0.4) is 0 Å². The van der Waals surface area contributed by atoms with Crippen LogP contribution in [-0.4, -0.2) is 18.2 Å². The number of carbonyl (C=O) groups is 1. The van der Waals surface area contributed by atoms with E-state index in [9.17, 15) is 23.1 Å². The van der Waals surface area contributed by atoms with Crippen LogP contribution in [0.4, 0.5) is 13.2 Å². The van der Waals surface area contributed by atoms with E-state index in [1.165, 1.54) is 13.2 Å². The minimum atomic E-state index is -2.70. The van der Waals surface area contributed by atoms with Crippen molar-refractivity contribution >= 4 is 11.5 Å². The third kappa shape index (κ3) is 6.10. The lowest BCUT2D eigenvalue weighted by Gasteiger charge is -2.25. The molecule has 3 aromatic carbocycles. The molecule has 1 atom stereocenters. The van der Waals surface area contributed by atoms with Gasteiger partial charge in [-0.1, -0.05) is 50.3 Å². The molecular weight excluding hydrogens is 493 g/mol. The number of esters is 1. The molecular formula is C31H31F3O4. The number of aliphatic hydroxyl groups is 1. The molecule has 4 rings (SSSR count). The Morgan fingerprint density at radius 1 is 1.00 bits per heavy atom. The van der Waals surface area contributed by atoms with Crippen LogP contribution in [0.2, 0.25) is 0 Å². The maximum Gasteiger partial charge on any atom is 0.308 e. The van der Waals surface area contributed by atoms with Crippen molar-refractivity contribution in [3.8, 4) is 16.9 Å². The molecule has 1 N–H and O–H groups in total. The molecule has 0 aromatic heterocycles. The Morgan fingerprint density at radius 3 is 2.47 bits per heavy atom. The van der Waals surface area contributed by atoms with Gasteiger partial charge in [0.1, 0.15) is 18.2 Å². The largest absolute Gasteiger partial charge is 0.489 e. The molecule has 0 fully saturated rings. The van der Waals surface area contributed by atoms with E-state index in [0.717, 1.165) is 41.7 Å². The Morgan fingerprint density at radius 2 is 1.79 bits per heavy atom. The summed E-state index contributed by atoms with van der Waals surface area (Å²) in [7, 11) is 1.26. The summed E-state index contributed by atoms with van der Waals surface area (Å²) in [4.78, 5) is 11.5. The highest BCUT2D eigenvalue weighted by atomic mass is 19.3. The van der Waals surface area contributed by atoms with E-state index >= 15 is 0 Å². The SMILES string of the molecule is COC(=O)C[C@@H](O)c1cccc(OCc2ccc(-c3cc(C(F)F)ccc3F)c(C3=CCCC3(C)C)c2)c1. The zero-order chi connectivity index (χ0) is 27.4. The topological polar surface area (TPSA) is 55.8 Å². The smallest absolute Gasteiger partial charge is 0.308 e. The molecule has 0 unspecified atom stereocenters. The first kappa shape index (κ1) is 27.5. The number of benzene rings is 3. The molecule has 0 spiro atoms. The summed E-state index contributed by atoms with van der Waals surface area (Å²) in [5.41, 5.74) is 3.49. The molecule has 4 nitrogen and oxygen atoms in total. The Labute approximate surface area is 220 Å². The Bertz CT molecular complexity index is 1350. The van der Waals surface area contributed by atoms with E-state index in [1.54, 1.807) is 36.4 Å². The van der Waals surface area contributed by atoms with Gasteiger partial charge in [-0.25, -0.2) is 13.2 Å². The van der Waals surface area contributed by atoms with E-state index in [4.69, 9.17) is 4.74 Å². The highest BCUT2D eigenvalue weighted by Crippen LogP contribution is 2.47. The number of halogens is 3. The summed E-state index contributed by atoms with van der Waals surface area (Å²) in [6, 6.07) is 15.7. The van der Waals surface area contributed by atoms with Gasteiger partial charge in [0.25, 0.3) is 6.43 Å². The second-order valence-electron chi connectivity index (χ2n) is 10.1. The van der Waals surface area contributed by atoms with Crippen molar-refractivity contribution in [1.29, 1.82) is 0 Å². The van der Waals surface area contributed by atoms with Crippen LogP contribution in [0.15, 0.2) is 66.7 Å². The highest BCUT2D eigenvalue weighted by Gasteiger charge is 2.30. The van der Waals surface area contributed by atoms with E-state index < -0.39 is 24.3 Å². The summed E-state index contributed by atoms with van der Waals surface area (Å²) in [6.45, 7) is 4.43. The molecule has 7 heteroatoms. The van der Waals surface area contributed by atoms with Gasteiger partial charge in [0, 0.05) is 11.1 Å². The van der Waals surface area contributed by atoms with Crippen molar-refractivity contribution in [3.05, 3.63) is 94.8 Å². The van der Waals surface area contributed by atoms with Gasteiger partial charge >= 0.3 is 5.97 Å². The molecule has 0 radical (unpaired) electrons. The Hall–Kier alpha value is -3.58. The molecule has 0 saturated heterocycles. The standard InChI is InChI=1S/C31H31F3O4/c1-31(2)13-5-8-26(31)24-14-19(9-11-23(24)25-16-21(30(33)34)10-12-27(25)32)18-38-22-7-4-6-20(15-22)28(35)17-29(36)37-3/h4,6-12,14-16,28,30,35H,5,13,17-18H2,1-3H3/t28-/m1/s1. The van der Waals surface area contributed by atoms with Gasteiger partial charge in [-0.3, -0.25) is 4.79 Å². The fourth-order valence-corrected chi connectivity index (χ4v) is 4.82. The molecule has 0 heterocycles. The monoisotopic (exact) mass is 524 g/mol. The molecule has 0 saturated carbocycles. The minimum absolute atomic E-state index is 0.140. The molecule has 3 aromatic rings. The van der Waals surface area contributed by atoms with Crippen LogP contribution in [0.25, 0.3) is 16.7 Å². The van der Waals surface area contributed by atoms with Crippen molar-refractivity contribution in [1.82, 2.24) is 0 Å². The molecule has 0 bridgehead atoms. The quantitative estimate of drug-likeness (QED) is 0.290. The first-order chi connectivity index (χ1) is 18.1. The molecule has 38 heavy (non-hydrogen) atoms. The third-order valence-corrected chi connectivity index (χ3v) is 6.99. The van der Waals surface area contributed by atoms with Gasteiger partial charge in [-0.2, -0.15) is 0 Å². The first-order valence-electron chi connectivity index (χ1n) is 12.5. The number of carbonyl (C=O) groups excluding carboxylic acids is 1. The van der Waals surface area contributed by atoms with Crippen molar-refractivity contribution < 1.29 is 32.5 Å². The summed E-state index contributed by atoms with van der Waals surface area (Å²) >= 11 is 0. The van der Waals surface area contributed by atoms with E-state index in [0.29, 0.717) is 16.9 Å². The fourth-order valence-electron chi connectivity index (χ4n) is 4.82. The fraction of sp³-hybridized carbons (Fsp3) is 0.323. The van der Waals surface area contributed by atoms with Crippen LogP contribution in [0.1, 0.15) is 67.9 Å². The lowest BCUT2D eigenvalue weighted by molar-refractivity contribution is -0.142. The number of hydrogen-bond acceptors (Lipinski definition) is 4. The number of aliphatic hydroxyl groups excluding tert-OH is 1. The highest BCUT2D eigenvalue weighted by molar-refractivity contribution is 5.85. The minimum Gasteiger partial charge on any atom is -0.489 e. The van der Waals surface area contributed by atoms with Crippen LogP contribution in [0.5, 0.6) is 5.75 Å². The lowest BCUT2D eigenvalue weighted by Crippen LogP contribution is -2.10. The van der Waals surface area contributed by atoms with E-state index in [1.807, 2.05) is 6.07 Å². The third-order valence-electron chi connectivity index (χ3n) is 6.99. The molecule has 200 valence electrons. The normalized spacial score (nSPS) is 15.3. The molecule has 1 aliphatic rings. The summed E-state index contributed by atoms with van der Waals surface area (Å²) in [5.74, 6) is -0.567.